The number of nitrogens with one attached hydrogen (secondary N) is 1. The second-order valence-corrected chi connectivity index (χ2v) is 8.88. The molecular weight excluding hydrogens is 467 g/mol. The van der Waals surface area contributed by atoms with Crippen molar-refractivity contribution in [2.45, 2.75) is 18.9 Å². The van der Waals surface area contributed by atoms with Crippen molar-refractivity contribution in [3.8, 4) is 23.1 Å². The minimum Gasteiger partial charge on any atom is -0.381 e. The summed E-state index contributed by atoms with van der Waals surface area (Å²) in [5.41, 5.74) is 5.23. The van der Waals surface area contributed by atoms with Crippen molar-refractivity contribution in [2.24, 2.45) is 4.99 Å². The Balaban J connectivity index is 1.63. The number of rotatable bonds is 4. The summed E-state index contributed by atoms with van der Waals surface area (Å²) >= 11 is 0. The fourth-order valence-electron chi connectivity index (χ4n) is 4.65. The van der Waals surface area contributed by atoms with Crippen LogP contribution in [0, 0.1) is 17.1 Å². The number of ether oxygens (including phenoxy) is 1. The molecule has 3 aromatic rings. The van der Waals surface area contributed by atoms with Crippen LogP contribution in [0.4, 0.5) is 15.9 Å². The molecule has 0 bridgehead atoms. The highest BCUT2D eigenvalue weighted by Crippen LogP contribution is 2.30. The Morgan fingerprint density at radius 1 is 1.03 bits per heavy atom. The van der Waals surface area contributed by atoms with Crippen LogP contribution < -0.4 is 10.7 Å². The summed E-state index contributed by atoms with van der Waals surface area (Å²) in [6.07, 6.45) is 3.31. The van der Waals surface area contributed by atoms with Gasteiger partial charge in [-0.05, 0) is 73.5 Å². The average molecular weight is 491 g/mol. The quantitative estimate of drug-likeness (QED) is 0.343. The van der Waals surface area contributed by atoms with Crippen LogP contribution in [0.5, 0.6) is 0 Å². The topological polar surface area (TPSA) is 88.1 Å². The monoisotopic (exact) mass is 490 g/mol. The van der Waals surface area contributed by atoms with Gasteiger partial charge in [-0.3, -0.25) is 4.99 Å². The van der Waals surface area contributed by atoms with Gasteiger partial charge in [0, 0.05) is 25.1 Å². The second kappa shape index (κ2) is 9.80. The molecule has 1 N–H and O–H groups in total. The van der Waals surface area contributed by atoms with Gasteiger partial charge in [0.1, 0.15) is 17.7 Å². The number of anilines is 2. The minimum absolute atomic E-state index is 0.110. The van der Waals surface area contributed by atoms with Crippen LogP contribution in [0.2, 0.25) is 0 Å². The molecule has 0 radical (unpaired) electrons. The Hall–Kier alpha value is -4.61. The molecule has 1 aromatic heterocycles. The van der Waals surface area contributed by atoms with Crippen molar-refractivity contribution in [3.63, 3.8) is 0 Å². The summed E-state index contributed by atoms with van der Waals surface area (Å²) in [6.45, 7) is 1.34. The lowest BCUT2D eigenvalue weighted by Gasteiger charge is -2.22. The second-order valence-electron chi connectivity index (χ2n) is 8.88. The van der Waals surface area contributed by atoms with Crippen molar-refractivity contribution in [3.05, 3.63) is 95.7 Å². The van der Waals surface area contributed by atoms with Gasteiger partial charge in [0.05, 0.1) is 45.1 Å². The van der Waals surface area contributed by atoms with Gasteiger partial charge in [0.15, 0.2) is 0 Å². The van der Waals surface area contributed by atoms with Gasteiger partial charge in [-0.15, -0.1) is 0 Å². The molecule has 0 spiro atoms. The number of halogens is 1. The molecule has 6 rings (SSSR count). The molecule has 0 saturated carbocycles. The van der Waals surface area contributed by atoms with Gasteiger partial charge >= 0.3 is 0 Å². The summed E-state index contributed by atoms with van der Waals surface area (Å²) in [4.78, 5) is 14.4. The van der Waals surface area contributed by atoms with Gasteiger partial charge in [0.25, 0.3) is 0 Å². The molecule has 0 unspecified atom stereocenters. The van der Waals surface area contributed by atoms with Crippen molar-refractivity contribution in [1.29, 1.82) is 5.26 Å². The molecule has 182 valence electrons. The first kappa shape index (κ1) is 22.8. The zero-order valence-electron chi connectivity index (χ0n) is 19.9. The molecular formula is C29H23FN6O. The van der Waals surface area contributed by atoms with E-state index in [2.05, 4.69) is 20.9 Å². The number of fused-ring (bicyclic) bond motifs is 2. The van der Waals surface area contributed by atoms with E-state index in [1.54, 1.807) is 30.5 Å². The van der Waals surface area contributed by atoms with Crippen LogP contribution in [0.1, 0.15) is 18.4 Å². The summed E-state index contributed by atoms with van der Waals surface area (Å²) in [5, 5.41) is 13.7. The number of hydrogen-bond donors (Lipinski definition) is 1. The van der Waals surface area contributed by atoms with E-state index in [1.165, 1.54) is 12.1 Å². The first-order valence-electron chi connectivity index (χ1n) is 12.1. The number of para-hydroxylation sites is 2. The third-order valence-corrected chi connectivity index (χ3v) is 6.48. The molecule has 37 heavy (non-hydrogen) atoms. The number of aromatic nitrogens is 3. The predicted octanol–water partition coefficient (Wildman–Crippen LogP) is 5.36. The van der Waals surface area contributed by atoms with Crippen LogP contribution in [0.25, 0.3) is 28.1 Å². The smallest absolute Gasteiger partial charge is 0.148 e. The summed E-state index contributed by atoms with van der Waals surface area (Å²) < 4.78 is 21.4. The van der Waals surface area contributed by atoms with Gasteiger partial charge in [0.2, 0.25) is 0 Å². The Bertz CT molecular complexity index is 1670. The van der Waals surface area contributed by atoms with Gasteiger partial charge in [-0.25, -0.2) is 14.4 Å². The fraction of sp³-hybridized carbons (Fsp3) is 0.172. The van der Waals surface area contributed by atoms with Crippen molar-refractivity contribution in [2.75, 3.05) is 18.5 Å². The maximum absolute atomic E-state index is 13.8. The lowest BCUT2D eigenvalue weighted by atomic mass is 10.1. The Morgan fingerprint density at radius 3 is 2.65 bits per heavy atom. The zero-order valence-corrected chi connectivity index (χ0v) is 19.9. The van der Waals surface area contributed by atoms with E-state index in [1.807, 2.05) is 36.4 Å². The Labute approximate surface area is 212 Å². The lowest BCUT2D eigenvalue weighted by Crippen LogP contribution is -2.23. The molecule has 0 amide bonds. The van der Waals surface area contributed by atoms with Crippen LogP contribution in [0.3, 0.4) is 0 Å². The fourth-order valence-corrected chi connectivity index (χ4v) is 4.65. The zero-order chi connectivity index (χ0) is 25.2. The maximum atomic E-state index is 13.8. The maximum Gasteiger partial charge on any atom is 0.148 e. The van der Waals surface area contributed by atoms with E-state index >= 15 is 0 Å². The number of pyridine rings is 1. The highest BCUT2D eigenvalue weighted by molar-refractivity contribution is 5.84. The van der Waals surface area contributed by atoms with E-state index in [0.717, 1.165) is 46.3 Å². The predicted molar refractivity (Wildman–Crippen MR) is 139 cm³/mol. The molecule has 3 heterocycles. The third kappa shape index (κ3) is 4.53. The molecule has 3 aliphatic rings. The third-order valence-electron chi connectivity index (χ3n) is 6.48. The molecule has 7 nitrogen and oxygen atoms in total. The number of benzene rings is 3. The van der Waals surface area contributed by atoms with E-state index < -0.39 is 0 Å². The van der Waals surface area contributed by atoms with Crippen molar-refractivity contribution in [1.82, 2.24) is 14.5 Å². The molecule has 8 heteroatoms. The molecule has 1 saturated heterocycles. The number of nitrogens with zero attached hydrogens (tertiary/aromatic N) is 5. The van der Waals surface area contributed by atoms with Gasteiger partial charge in [-0.1, -0.05) is 12.1 Å². The summed E-state index contributed by atoms with van der Waals surface area (Å²) in [6, 6.07) is 24.0. The van der Waals surface area contributed by atoms with Gasteiger partial charge in [-0.2, -0.15) is 5.26 Å². The van der Waals surface area contributed by atoms with Gasteiger partial charge < -0.3 is 14.6 Å². The minimum atomic E-state index is -0.294. The number of nitriles is 1. The normalized spacial score (nSPS) is 14.6. The van der Waals surface area contributed by atoms with Crippen molar-refractivity contribution < 1.29 is 9.13 Å². The van der Waals surface area contributed by atoms with Crippen LogP contribution >= 0.6 is 0 Å². The van der Waals surface area contributed by atoms with E-state index in [9.17, 15) is 9.65 Å². The Kier molecular flexibility index (Phi) is 6.05. The Morgan fingerprint density at radius 2 is 1.84 bits per heavy atom. The molecule has 2 aliphatic heterocycles. The van der Waals surface area contributed by atoms with E-state index in [0.29, 0.717) is 30.3 Å². The molecule has 0 atom stereocenters. The standard InChI is InChI=1S/C29H23FN6O/c30-20-7-9-22(10-8-20)36-27-6-2-1-5-23(27)34-26-16-24(35-29-19(18-31)4-3-13-32-29)25(17-28(26)36)33-21-11-14-37-15-12-21/h1-10,13,16-17,21H,11-12,14-15H2,(H,32,35). The molecule has 2 aromatic carbocycles. The van der Waals surface area contributed by atoms with Crippen LogP contribution in [0.15, 0.2) is 84.0 Å². The highest BCUT2D eigenvalue weighted by Gasteiger charge is 2.19. The average Bonchev–Trinajstić information content (AvgIpc) is 2.94. The van der Waals surface area contributed by atoms with E-state index in [4.69, 9.17) is 14.7 Å². The number of hydrogen-bond acceptors (Lipinski definition) is 6. The first-order valence-corrected chi connectivity index (χ1v) is 12.1. The summed E-state index contributed by atoms with van der Waals surface area (Å²) in [7, 11) is 0. The van der Waals surface area contributed by atoms with Crippen LogP contribution in [-0.4, -0.2) is 33.8 Å². The SMILES string of the molecule is N#Cc1cccnc1Nc1cc2nc3ccccc3n(-c3ccc(F)cc3)c-2cc1=NC1CCOCC1. The largest absolute Gasteiger partial charge is 0.381 e. The summed E-state index contributed by atoms with van der Waals surface area (Å²) in [5.74, 6) is 0.164. The van der Waals surface area contributed by atoms with Crippen LogP contribution in [-0.2, 0) is 4.74 Å². The first-order chi connectivity index (χ1) is 18.2. The van der Waals surface area contributed by atoms with Crippen molar-refractivity contribution >= 4 is 22.5 Å². The van der Waals surface area contributed by atoms with E-state index in [-0.39, 0.29) is 11.9 Å². The molecule has 1 fully saturated rings. The highest BCUT2D eigenvalue weighted by atomic mass is 19.1. The molecule has 1 aliphatic carbocycles. The lowest BCUT2D eigenvalue weighted by molar-refractivity contribution is 0.0864.